The molecule has 1 aromatic carbocycles. The van der Waals surface area contributed by atoms with E-state index in [2.05, 4.69) is 12.2 Å². The van der Waals surface area contributed by atoms with E-state index in [9.17, 15) is 0 Å². The molecule has 1 fully saturated rings. The van der Waals surface area contributed by atoms with Crippen LogP contribution in [0.1, 0.15) is 18.9 Å². The summed E-state index contributed by atoms with van der Waals surface area (Å²) < 4.78 is 15.9. The van der Waals surface area contributed by atoms with Gasteiger partial charge in [0.2, 0.25) is 0 Å². The van der Waals surface area contributed by atoms with Crippen LogP contribution in [0.15, 0.2) is 12.1 Å². The van der Waals surface area contributed by atoms with Gasteiger partial charge in [-0.25, -0.2) is 0 Å². The molecular weight excluding hydrogens is 266 g/mol. The van der Waals surface area contributed by atoms with E-state index in [0.29, 0.717) is 23.1 Å². The van der Waals surface area contributed by atoms with Gasteiger partial charge in [-0.15, -0.1) is 0 Å². The van der Waals surface area contributed by atoms with Crippen molar-refractivity contribution in [2.24, 2.45) is 0 Å². The summed E-state index contributed by atoms with van der Waals surface area (Å²) in [6.45, 7) is 4.38. The Kier molecular flexibility index (Phi) is 4.55. The highest BCUT2D eigenvalue weighted by atomic mass is 35.5. The molecule has 5 heteroatoms. The molecule has 0 bridgehead atoms. The summed E-state index contributed by atoms with van der Waals surface area (Å²) in [5.41, 5.74) is 1.02. The molecule has 4 nitrogen and oxygen atoms in total. The molecule has 0 saturated carbocycles. The highest BCUT2D eigenvalue weighted by Crippen LogP contribution is 2.37. The maximum atomic E-state index is 6.35. The Balaban J connectivity index is 2.12. The van der Waals surface area contributed by atoms with Crippen LogP contribution in [0, 0.1) is 0 Å². The molecule has 1 unspecified atom stereocenters. The molecule has 1 aliphatic heterocycles. The van der Waals surface area contributed by atoms with Gasteiger partial charge in [0.15, 0.2) is 11.5 Å². The average Bonchev–Trinajstić information content (AvgIpc) is 2.84. The van der Waals surface area contributed by atoms with Crippen molar-refractivity contribution < 1.29 is 14.2 Å². The van der Waals surface area contributed by atoms with Crippen LogP contribution in [0.5, 0.6) is 11.5 Å². The lowest BCUT2D eigenvalue weighted by Gasteiger charge is -2.24. The molecule has 1 saturated heterocycles. The number of halogens is 1. The molecule has 1 N–H and O–H groups in total. The molecule has 0 aliphatic carbocycles. The van der Waals surface area contributed by atoms with Gasteiger partial charge in [0.1, 0.15) is 0 Å². The molecule has 0 aromatic heterocycles. The Bertz CT molecular complexity index is 445. The molecule has 106 valence electrons. The zero-order valence-electron chi connectivity index (χ0n) is 11.6. The van der Waals surface area contributed by atoms with Gasteiger partial charge in [-0.2, -0.15) is 0 Å². The van der Waals surface area contributed by atoms with Crippen molar-refractivity contribution in [2.45, 2.75) is 25.4 Å². The van der Waals surface area contributed by atoms with E-state index >= 15 is 0 Å². The lowest BCUT2D eigenvalue weighted by atomic mass is 10.0. The van der Waals surface area contributed by atoms with Crippen molar-refractivity contribution in [3.05, 3.63) is 22.7 Å². The van der Waals surface area contributed by atoms with Gasteiger partial charge >= 0.3 is 0 Å². The first-order valence-electron chi connectivity index (χ1n) is 6.32. The lowest BCUT2D eigenvalue weighted by Crippen LogP contribution is -2.42. The molecule has 1 aromatic rings. The number of benzene rings is 1. The smallest absolute Gasteiger partial charge is 0.179 e. The summed E-state index contributed by atoms with van der Waals surface area (Å²) in [4.78, 5) is 0. The molecular formula is C14H20ClNO3. The highest BCUT2D eigenvalue weighted by Gasteiger charge is 2.29. The Hall–Kier alpha value is -0.970. The van der Waals surface area contributed by atoms with Crippen molar-refractivity contribution in [2.75, 3.05) is 27.4 Å². The first-order valence-corrected chi connectivity index (χ1v) is 6.69. The number of methoxy groups -OCH3 is 2. The fourth-order valence-corrected chi connectivity index (χ4v) is 2.48. The number of hydrogen-bond donors (Lipinski definition) is 1. The summed E-state index contributed by atoms with van der Waals surface area (Å²) >= 11 is 6.35. The van der Waals surface area contributed by atoms with Gasteiger partial charge in [0, 0.05) is 18.7 Å². The van der Waals surface area contributed by atoms with Gasteiger partial charge in [-0.05, 0) is 25.0 Å². The largest absolute Gasteiger partial charge is 0.493 e. The molecule has 1 atom stereocenters. The van der Waals surface area contributed by atoms with E-state index in [0.717, 1.165) is 25.2 Å². The van der Waals surface area contributed by atoms with Crippen LogP contribution >= 0.6 is 11.6 Å². The summed E-state index contributed by atoms with van der Waals surface area (Å²) in [5, 5.41) is 4.09. The molecule has 0 amide bonds. The maximum Gasteiger partial charge on any atom is 0.179 e. The minimum absolute atomic E-state index is 0.0243. The Morgan fingerprint density at radius 1 is 1.37 bits per heavy atom. The predicted molar refractivity (Wildman–Crippen MR) is 75.2 cm³/mol. The third-order valence-electron chi connectivity index (χ3n) is 3.49. The molecule has 1 aliphatic rings. The quantitative estimate of drug-likeness (QED) is 0.903. The monoisotopic (exact) mass is 285 g/mol. The van der Waals surface area contributed by atoms with E-state index in [-0.39, 0.29) is 5.54 Å². The van der Waals surface area contributed by atoms with Crippen molar-refractivity contribution in [1.29, 1.82) is 0 Å². The number of nitrogens with one attached hydrogen (secondary N) is 1. The van der Waals surface area contributed by atoms with Gasteiger partial charge in [0.25, 0.3) is 0 Å². The summed E-state index contributed by atoms with van der Waals surface area (Å²) in [7, 11) is 3.19. The van der Waals surface area contributed by atoms with Crippen LogP contribution in [0.2, 0.25) is 5.02 Å². The minimum Gasteiger partial charge on any atom is -0.493 e. The third kappa shape index (κ3) is 3.14. The number of rotatable bonds is 5. The predicted octanol–water partition coefficient (Wildman–Crippen LogP) is 2.63. The normalized spacial score (nSPS) is 22.5. The standard InChI is InChI=1S/C14H20ClNO3/c1-14(6-7-19-9-14)16-8-10-4-5-11(17-2)13(18-3)12(10)15/h4-5,16H,6-9H2,1-3H3. The van der Waals surface area contributed by atoms with Crippen molar-refractivity contribution in [3.63, 3.8) is 0 Å². The average molecular weight is 286 g/mol. The minimum atomic E-state index is 0.0243. The fraction of sp³-hybridized carbons (Fsp3) is 0.571. The molecule has 1 heterocycles. The van der Waals surface area contributed by atoms with Crippen LogP contribution in [-0.4, -0.2) is 33.0 Å². The lowest BCUT2D eigenvalue weighted by molar-refractivity contribution is 0.171. The van der Waals surface area contributed by atoms with Crippen molar-refractivity contribution in [1.82, 2.24) is 5.32 Å². The summed E-state index contributed by atoms with van der Waals surface area (Å²) in [6.07, 6.45) is 1.01. The van der Waals surface area contributed by atoms with E-state index in [1.54, 1.807) is 14.2 Å². The van der Waals surface area contributed by atoms with Crippen LogP contribution in [-0.2, 0) is 11.3 Å². The highest BCUT2D eigenvalue weighted by molar-refractivity contribution is 6.33. The molecule has 19 heavy (non-hydrogen) atoms. The third-order valence-corrected chi connectivity index (χ3v) is 3.90. The van der Waals surface area contributed by atoms with Crippen LogP contribution in [0.4, 0.5) is 0 Å². The molecule has 0 radical (unpaired) electrons. The number of hydrogen-bond acceptors (Lipinski definition) is 4. The van der Waals surface area contributed by atoms with Crippen LogP contribution in [0.25, 0.3) is 0 Å². The number of ether oxygens (including phenoxy) is 3. The Labute approximate surface area is 119 Å². The Morgan fingerprint density at radius 2 is 2.16 bits per heavy atom. The SMILES string of the molecule is COc1ccc(CNC2(C)CCOC2)c(Cl)c1OC. The first kappa shape index (κ1) is 14.4. The van der Waals surface area contributed by atoms with E-state index in [4.69, 9.17) is 25.8 Å². The van der Waals surface area contributed by atoms with Gasteiger partial charge in [-0.1, -0.05) is 17.7 Å². The summed E-state index contributed by atoms with van der Waals surface area (Å²) in [6, 6.07) is 3.82. The van der Waals surface area contributed by atoms with Gasteiger partial charge in [-0.3, -0.25) is 0 Å². The van der Waals surface area contributed by atoms with Crippen molar-refractivity contribution in [3.8, 4) is 11.5 Å². The topological polar surface area (TPSA) is 39.7 Å². The molecule has 2 rings (SSSR count). The fourth-order valence-electron chi connectivity index (χ4n) is 2.18. The second-order valence-electron chi connectivity index (χ2n) is 4.99. The maximum absolute atomic E-state index is 6.35. The summed E-state index contributed by atoms with van der Waals surface area (Å²) in [5.74, 6) is 1.22. The Morgan fingerprint density at radius 3 is 2.74 bits per heavy atom. The van der Waals surface area contributed by atoms with E-state index < -0.39 is 0 Å². The van der Waals surface area contributed by atoms with E-state index in [1.165, 1.54) is 0 Å². The van der Waals surface area contributed by atoms with Crippen molar-refractivity contribution >= 4 is 11.6 Å². The second-order valence-corrected chi connectivity index (χ2v) is 5.37. The zero-order valence-corrected chi connectivity index (χ0v) is 12.3. The zero-order chi connectivity index (χ0) is 13.9. The van der Waals surface area contributed by atoms with Crippen LogP contribution in [0.3, 0.4) is 0 Å². The second kappa shape index (κ2) is 5.99. The first-order chi connectivity index (χ1) is 9.09. The van der Waals surface area contributed by atoms with Crippen LogP contribution < -0.4 is 14.8 Å². The molecule has 0 spiro atoms. The van der Waals surface area contributed by atoms with E-state index in [1.807, 2.05) is 12.1 Å². The van der Waals surface area contributed by atoms with Gasteiger partial charge in [0.05, 0.1) is 25.8 Å². The van der Waals surface area contributed by atoms with Gasteiger partial charge < -0.3 is 19.5 Å².